The minimum Gasteiger partial charge on any atom is -0.493 e. The fraction of sp³-hybridized carbons (Fsp3) is 0.214. The van der Waals surface area contributed by atoms with Gasteiger partial charge in [-0.1, -0.05) is 24.3 Å². The van der Waals surface area contributed by atoms with Crippen molar-refractivity contribution in [2.24, 2.45) is 0 Å². The Morgan fingerprint density at radius 3 is 2.42 bits per heavy atom. The summed E-state index contributed by atoms with van der Waals surface area (Å²) in [5.41, 5.74) is 2.74. The van der Waals surface area contributed by atoms with Gasteiger partial charge in [0.1, 0.15) is 34.9 Å². The third kappa shape index (κ3) is 4.00. The Hall–Kier alpha value is -4.46. The number of rotatable bonds is 8. The molecule has 5 aromatic rings. The van der Waals surface area contributed by atoms with E-state index in [-0.39, 0.29) is 16.6 Å². The van der Waals surface area contributed by atoms with Gasteiger partial charge in [-0.05, 0) is 31.2 Å². The first-order valence-electron chi connectivity index (χ1n) is 11.5. The number of hydrogen-bond acceptors (Lipinski definition) is 7. The maximum Gasteiger partial charge on any atom is 0.204 e. The van der Waals surface area contributed by atoms with Gasteiger partial charge in [-0.15, -0.1) is 0 Å². The molecule has 36 heavy (non-hydrogen) atoms. The van der Waals surface area contributed by atoms with Crippen LogP contribution in [0.5, 0.6) is 23.0 Å². The Labute approximate surface area is 207 Å². The first-order chi connectivity index (χ1) is 17.5. The van der Waals surface area contributed by atoms with Gasteiger partial charge in [-0.25, -0.2) is 4.98 Å². The predicted molar refractivity (Wildman–Crippen MR) is 138 cm³/mol. The van der Waals surface area contributed by atoms with Gasteiger partial charge in [0.25, 0.3) is 0 Å². The van der Waals surface area contributed by atoms with Gasteiger partial charge in [-0.2, -0.15) is 0 Å². The van der Waals surface area contributed by atoms with Crippen LogP contribution in [0.4, 0.5) is 0 Å². The maximum absolute atomic E-state index is 13.2. The van der Waals surface area contributed by atoms with Crippen molar-refractivity contribution in [3.05, 3.63) is 76.7 Å². The van der Waals surface area contributed by atoms with Crippen LogP contribution in [0.2, 0.25) is 0 Å². The molecule has 0 spiro atoms. The normalized spacial score (nSPS) is 11.1. The van der Waals surface area contributed by atoms with Gasteiger partial charge in [0, 0.05) is 12.1 Å². The van der Waals surface area contributed by atoms with Gasteiger partial charge in [0.2, 0.25) is 5.75 Å². The molecule has 3 aromatic carbocycles. The van der Waals surface area contributed by atoms with Crippen molar-refractivity contribution in [3.63, 3.8) is 0 Å². The number of ether oxygens (including phenoxy) is 4. The van der Waals surface area contributed by atoms with Crippen LogP contribution in [0.1, 0.15) is 5.82 Å². The molecule has 2 heterocycles. The average Bonchev–Trinajstić information content (AvgIpc) is 3.22. The lowest BCUT2D eigenvalue weighted by Crippen LogP contribution is -2.10. The third-order valence-electron chi connectivity index (χ3n) is 6.09. The summed E-state index contributed by atoms with van der Waals surface area (Å²) < 4.78 is 30.8. The Morgan fingerprint density at radius 1 is 0.889 bits per heavy atom. The number of aryl methyl sites for hydroxylation is 1. The number of nitrogens with zero attached hydrogens (tertiary/aromatic N) is 2. The highest BCUT2D eigenvalue weighted by Crippen LogP contribution is 2.43. The van der Waals surface area contributed by atoms with E-state index in [0.29, 0.717) is 47.3 Å². The van der Waals surface area contributed by atoms with Gasteiger partial charge in [0.15, 0.2) is 16.9 Å². The molecule has 0 saturated heterocycles. The molecule has 5 rings (SSSR count). The second kappa shape index (κ2) is 9.65. The highest BCUT2D eigenvalue weighted by Gasteiger charge is 2.21. The predicted octanol–water partition coefficient (Wildman–Crippen LogP) is 5.22. The highest BCUT2D eigenvalue weighted by atomic mass is 16.5. The molecule has 0 saturated carbocycles. The summed E-state index contributed by atoms with van der Waals surface area (Å²) in [4.78, 5) is 17.8. The minimum absolute atomic E-state index is 0.264. The first-order valence-corrected chi connectivity index (χ1v) is 11.5. The SMILES string of the molecule is COc1cc2oc(-c3ccccc3OCCn3c(C)nc4ccccc43)cc(=O)c2c(OC)c1OC. The summed E-state index contributed by atoms with van der Waals surface area (Å²) in [6.07, 6.45) is 0. The lowest BCUT2D eigenvalue weighted by atomic mass is 10.1. The topological polar surface area (TPSA) is 85.0 Å². The summed E-state index contributed by atoms with van der Waals surface area (Å²) in [5.74, 6) is 2.90. The molecule has 0 N–H and O–H groups in total. The van der Waals surface area contributed by atoms with Gasteiger partial charge < -0.3 is 27.9 Å². The summed E-state index contributed by atoms with van der Waals surface area (Å²) in [5, 5.41) is 0.278. The Balaban J connectivity index is 1.49. The molecule has 0 atom stereocenters. The fourth-order valence-electron chi connectivity index (χ4n) is 4.44. The van der Waals surface area contributed by atoms with Crippen molar-refractivity contribution >= 4 is 22.0 Å². The molecule has 0 unspecified atom stereocenters. The van der Waals surface area contributed by atoms with Crippen LogP contribution >= 0.6 is 0 Å². The summed E-state index contributed by atoms with van der Waals surface area (Å²) in [7, 11) is 4.47. The van der Waals surface area contributed by atoms with Crippen LogP contribution in [0.25, 0.3) is 33.3 Å². The van der Waals surface area contributed by atoms with Crippen LogP contribution in [0.3, 0.4) is 0 Å². The zero-order valence-corrected chi connectivity index (χ0v) is 20.5. The van der Waals surface area contributed by atoms with E-state index in [1.807, 2.05) is 55.5 Å². The summed E-state index contributed by atoms with van der Waals surface area (Å²) >= 11 is 0. The second-order valence-corrected chi connectivity index (χ2v) is 8.14. The molecular formula is C28H26N2O6. The van der Waals surface area contributed by atoms with E-state index < -0.39 is 0 Å². The lowest BCUT2D eigenvalue weighted by molar-refractivity contribution is 0.299. The molecule has 0 aliphatic carbocycles. The number of benzene rings is 3. The fourth-order valence-corrected chi connectivity index (χ4v) is 4.44. The Bertz CT molecular complexity index is 1620. The van der Waals surface area contributed by atoms with E-state index >= 15 is 0 Å². The third-order valence-corrected chi connectivity index (χ3v) is 6.09. The van der Waals surface area contributed by atoms with E-state index in [1.54, 1.807) is 6.07 Å². The van der Waals surface area contributed by atoms with Gasteiger partial charge >= 0.3 is 0 Å². The van der Waals surface area contributed by atoms with Crippen LogP contribution in [-0.2, 0) is 6.54 Å². The highest BCUT2D eigenvalue weighted by molar-refractivity contribution is 5.90. The largest absolute Gasteiger partial charge is 0.493 e. The number of methoxy groups -OCH3 is 3. The molecule has 0 amide bonds. The molecule has 0 fully saturated rings. The number of fused-ring (bicyclic) bond motifs is 2. The number of imidazole rings is 1. The van der Waals surface area contributed by atoms with Crippen LogP contribution in [0.15, 0.2) is 69.9 Å². The Morgan fingerprint density at radius 2 is 1.64 bits per heavy atom. The van der Waals surface area contributed by atoms with Crippen molar-refractivity contribution in [3.8, 4) is 34.3 Å². The van der Waals surface area contributed by atoms with Crippen LogP contribution in [-0.4, -0.2) is 37.5 Å². The zero-order valence-electron chi connectivity index (χ0n) is 20.5. The average molecular weight is 487 g/mol. The van der Waals surface area contributed by atoms with Crippen molar-refractivity contribution < 1.29 is 23.4 Å². The molecule has 0 bridgehead atoms. The van der Waals surface area contributed by atoms with E-state index in [1.165, 1.54) is 27.4 Å². The minimum atomic E-state index is -0.264. The second-order valence-electron chi connectivity index (χ2n) is 8.14. The zero-order chi connectivity index (χ0) is 25.2. The number of para-hydroxylation sites is 3. The molecular weight excluding hydrogens is 460 g/mol. The molecule has 8 heteroatoms. The van der Waals surface area contributed by atoms with Crippen LogP contribution in [0, 0.1) is 6.92 Å². The monoisotopic (exact) mass is 486 g/mol. The summed E-state index contributed by atoms with van der Waals surface area (Å²) in [6, 6.07) is 18.5. The molecule has 8 nitrogen and oxygen atoms in total. The Kier molecular flexibility index (Phi) is 6.25. The smallest absolute Gasteiger partial charge is 0.204 e. The van der Waals surface area contributed by atoms with Crippen LogP contribution < -0.4 is 24.4 Å². The van der Waals surface area contributed by atoms with E-state index in [9.17, 15) is 4.79 Å². The van der Waals surface area contributed by atoms with Crippen molar-refractivity contribution in [2.45, 2.75) is 13.5 Å². The van der Waals surface area contributed by atoms with E-state index in [4.69, 9.17) is 23.4 Å². The molecule has 0 aliphatic rings. The molecule has 2 aromatic heterocycles. The lowest BCUT2D eigenvalue weighted by Gasteiger charge is -2.15. The molecule has 0 aliphatic heterocycles. The van der Waals surface area contributed by atoms with E-state index in [0.717, 1.165) is 16.9 Å². The molecule has 0 radical (unpaired) electrons. The van der Waals surface area contributed by atoms with Crippen molar-refractivity contribution in [1.29, 1.82) is 0 Å². The first kappa shape index (κ1) is 23.3. The summed E-state index contributed by atoms with van der Waals surface area (Å²) in [6.45, 7) is 3.01. The molecule has 184 valence electrons. The van der Waals surface area contributed by atoms with Gasteiger partial charge in [0.05, 0.1) is 44.5 Å². The number of hydrogen-bond donors (Lipinski definition) is 0. The van der Waals surface area contributed by atoms with E-state index in [2.05, 4.69) is 9.55 Å². The quantitative estimate of drug-likeness (QED) is 0.297. The maximum atomic E-state index is 13.2. The number of aromatic nitrogens is 2. The van der Waals surface area contributed by atoms with Crippen molar-refractivity contribution in [2.75, 3.05) is 27.9 Å². The van der Waals surface area contributed by atoms with Crippen molar-refractivity contribution in [1.82, 2.24) is 9.55 Å². The standard InChI is InChI=1S/C28H26N2O6/c1-17-29-19-10-6-7-11-20(19)30(17)13-14-35-22-12-8-5-9-18(22)23-15-21(31)26-24(36-23)16-25(32-2)27(33-3)28(26)34-4/h5-12,15-16H,13-14H2,1-4H3. The van der Waals surface area contributed by atoms with Gasteiger partial charge in [-0.3, -0.25) is 4.79 Å².